The van der Waals surface area contributed by atoms with E-state index in [2.05, 4.69) is 17.6 Å². The molecule has 0 bridgehead atoms. The summed E-state index contributed by atoms with van der Waals surface area (Å²) in [5.74, 6) is 0. The number of nitro benzene ring substituents is 1. The Bertz CT molecular complexity index is 603. The van der Waals surface area contributed by atoms with E-state index in [-0.39, 0.29) is 11.4 Å². The van der Waals surface area contributed by atoms with Gasteiger partial charge in [0.2, 0.25) is 5.12 Å². The second kappa shape index (κ2) is 3.64. The molecule has 1 aromatic heterocycles. The first-order valence-electron chi connectivity index (χ1n) is 4.50. The van der Waals surface area contributed by atoms with Crippen LogP contribution in [0.1, 0.15) is 16.1 Å². The monoisotopic (exact) mass is 236 g/mol. The number of nitrogens with zero attached hydrogens (tertiary/aromatic N) is 1. The normalized spacial score (nSPS) is 10.6. The predicted molar refractivity (Wildman–Crippen MR) is 63.0 cm³/mol. The van der Waals surface area contributed by atoms with Crippen LogP contribution in [0.4, 0.5) is 5.69 Å². The van der Waals surface area contributed by atoms with Crippen LogP contribution in [0, 0.1) is 17.0 Å². The lowest BCUT2D eigenvalue weighted by Crippen LogP contribution is -1.91. The minimum atomic E-state index is -0.474. The molecule has 2 rings (SSSR count). The van der Waals surface area contributed by atoms with Crippen molar-refractivity contribution >= 4 is 34.3 Å². The third-order valence-corrected chi connectivity index (χ3v) is 2.52. The van der Waals surface area contributed by atoms with E-state index in [4.69, 9.17) is 0 Å². The highest BCUT2D eigenvalue weighted by Crippen LogP contribution is 2.27. The lowest BCUT2D eigenvalue weighted by atomic mass is 10.1. The van der Waals surface area contributed by atoms with Gasteiger partial charge in [-0.05, 0) is 24.6 Å². The number of aromatic nitrogens is 1. The molecule has 0 aliphatic rings. The zero-order valence-electron chi connectivity index (χ0n) is 8.35. The SMILES string of the molecule is Cc1cc([N+](=O)[O-])c2[nH]c(C(=O)S)cc2c1. The van der Waals surface area contributed by atoms with E-state index in [1.165, 1.54) is 6.07 Å². The lowest BCUT2D eigenvalue weighted by Gasteiger charge is -1.96. The van der Waals surface area contributed by atoms with Gasteiger partial charge in [0, 0.05) is 11.5 Å². The van der Waals surface area contributed by atoms with Crippen LogP contribution < -0.4 is 0 Å². The number of hydrogen-bond donors (Lipinski definition) is 2. The summed E-state index contributed by atoms with van der Waals surface area (Å²) in [6.07, 6.45) is 0. The quantitative estimate of drug-likeness (QED) is 0.477. The van der Waals surface area contributed by atoms with Crippen LogP contribution in [0.2, 0.25) is 0 Å². The van der Waals surface area contributed by atoms with Crippen molar-refractivity contribution in [2.45, 2.75) is 6.92 Å². The Hall–Kier alpha value is -1.82. The molecule has 82 valence electrons. The fourth-order valence-electron chi connectivity index (χ4n) is 1.63. The second-order valence-electron chi connectivity index (χ2n) is 3.49. The van der Waals surface area contributed by atoms with Crippen molar-refractivity contribution in [1.29, 1.82) is 0 Å². The van der Waals surface area contributed by atoms with Crippen LogP contribution in [0.3, 0.4) is 0 Å². The minimum absolute atomic E-state index is 0.0316. The molecule has 16 heavy (non-hydrogen) atoms. The summed E-state index contributed by atoms with van der Waals surface area (Å²) < 4.78 is 0. The Morgan fingerprint density at radius 3 is 2.69 bits per heavy atom. The molecular weight excluding hydrogens is 228 g/mol. The molecule has 2 aromatic rings. The summed E-state index contributed by atoms with van der Waals surface area (Å²) >= 11 is 3.67. The predicted octanol–water partition coefficient (Wildman–Crippen LogP) is 2.45. The summed E-state index contributed by atoms with van der Waals surface area (Å²) in [5, 5.41) is 11.0. The van der Waals surface area contributed by atoms with Gasteiger partial charge in [-0.1, -0.05) is 12.6 Å². The van der Waals surface area contributed by atoms with Gasteiger partial charge in [-0.15, -0.1) is 0 Å². The Kier molecular flexibility index (Phi) is 2.43. The van der Waals surface area contributed by atoms with Crippen molar-refractivity contribution in [2.75, 3.05) is 0 Å². The first-order valence-corrected chi connectivity index (χ1v) is 4.95. The molecule has 0 saturated heterocycles. The molecule has 0 unspecified atom stereocenters. The number of thiol groups is 1. The highest BCUT2D eigenvalue weighted by molar-refractivity contribution is 7.97. The third-order valence-electron chi connectivity index (χ3n) is 2.28. The molecular formula is C10H8N2O3S. The van der Waals surface area contributed by atoms with Crippen LogP contribution in [-0.4, -0.2) is 15.0 Å². The second-order valence-corrected chi connectivity index (χ2v) is 3.90. The van der Waals surface area contributed by atoms with Crippen molar-refractivity contribution < 1.29 is 9.72 Å². The number of rotatable bonds is 2. The van der Waals surface area contributed by atoms with Crippen LogP contribution in [0.5, 0.6) is 0 Å². The number of nitro groups is 1. The van der Waals surface area contributed by atoms with Crippen molar-refractivity contribution in [3.63, 3.8) is 0 Å². The van der Waals surface area contributed by atoms with Gasteiger partial charge in [0.1, 0.15) is 5.52 Å². The molecule has 5 nitrogen and oxygen atoms in total. The maximum atomic E-state index is 11.0. The molecule has 1 N–H and O–H groups in total. The van der Waals surface area contributed by atoms with Gasteiger partial charge in [-0.25, -0.2) is 0 Å². The molecule has 0 atom stereocenters. The molecule has 1 heterocycles. The molecule has 0 aliphatic carbocycles. The third kappa shape index (κ3) is 1.67. The number of non-ortho nitro benzene ring substituents is 1. The van der Waals surface area contributed by atoms with Crippen molar-refractivity contribution in [3.05, 3.63) is 39.6 Å². The Balaban J connectivity index is 2.80. The van der Waals surface area contributed by atoms with Crippen LogP contribution in [-0.2, 0) is 0 Å². The van der Waals surface area contributed by atoms with Crippen LogP contribution in [0.25, 0.3) is 10.9 Å². The number of aromatic amines is 1. The van der Waals surface area contributed by atoms with Gasteiger partial charge in [0.05, 0.1) is 10.6 Å². The number of carbonyl (C=O) groups excluding carboxylic acids is 1. The molecule has 6 heteroatoms. The van der Waals surface area contributed by atoms with Crippen LogP contribution in [0.15, 0.2) is 18.2 Å². The maximum absolute atomic E-state index is 11.0. The average molecular weight is 236 g/mol. The van der Waals surface area contributed by atoms with Crippen LogP contribution >= 0.6 is 12.6 Å². The van der Waals surface area contributed by atoms with Gasteiger partial charge in [0.15, 0.2) is 0 Å². The molecule has 0 radical (unpaired) electrons. The summed E-state index contributed by atoms with van der Waals surface area (Å²) in [6.45, 7) is 1.77. The number of nitrogens with one attached hydrogen (secondary N) is 1. The van der Waals surface area contributed by atoms with Gasteiger partial charge in [-0.3, -0.25) is 14.9 Å². The number of carbonyl (C=O) groups is 1. The highest BCUT2D eigenvalue weighted by Gasteiger charge is 2.16. The van der Waals surface area contributed by atoms with E-state index in [0.29, 0.717) is 10.9 Å². The van der Waals surface area contributed by atoms with Crippen molar-refractivity contribution in [1.82, 2.24) is 4.98 Å². The Morgan fingerprint density at radius 2 is 2.12 bits per heavy atom. The summed E-state index contributed by atoms with van der Waals surface area (Å²) in [6, 6.07) is 4.80. The number of hydrogen-bond acceptors (Lipinski definition) is 3. The van der Waals surface area contributed by atoms with Crippen molar-refractivity contribution in [2.24, 2.45) is 0 Å². The van der Waals surface area contributed by atoms with Gasteiger partial charge >= 0.3 is 0 Å². The fraction of sp³-hybridized carbons (Fsp3) is 0.100. The van der Waals surface area contributed by atoms with Gasteiger partial charge in [-0.2, -0.15) is 0 Å². The summed E-state index contributed by atoms with van der Waals surface area (Å²) in [7, 11) is 0. The highest BCUT2D eigenvalue weighted by atomic mass is 32.1. The van der Waals surface area contributed by atoms with E-state index in [9.17, 15) is 14.9 Å². The summed E-state index contributed by atoms with van der Waals surface area (Å²) in [5.41, 5.74) is 1.35. The smallest absolute Gasteiger partial charge is 0.293 e. The fourth-order valence-corrected chi connectivity index (χ4v) is 1.75. The van der Waals surface area contributed by atoms with Crippen molar-refractivity contribution in [3.8, 4) is 0 Å². The molecule has 0 fully saturated rings. The molecule has 0 amide bonds. The zero-order chi connectivity index (χ0) is 11.9. The largest absolute Gasteiger partial charge is 0.346 e. The lowest BCUT2D eigenvalue weighted by molar-refractivity contribution is -0.383. The van der Waals surface area contributed by atoms with E-state index < -0.39 is 10.0 Å². The standard InChI is InChI=1S/C10H8N2O3S/c1-5-2-6-4-7(10(13)16)11-9(6)8(3-5)12(14)15/h2-4,11H,1H3,(H,13,16). The number of fused-ring (bicyclic) bond motifs is 1. The van der Waals surface area contributed by atoms with E-state index in [1.807, 2.05) is 0 Å². The molecule has 0 aliphatic heterocycles. The molecule has 1 aromatic carbocycles. The van der Waals surface area contributed by atoms with E-state index >= 15 is 0 Å². The maximum Gasteiger partial charge on any atom is 0.293 e. The molecule has 0 spiro atoms. The number of aryl methyl sites for hydroxylation is 1. The van der Waals surface area contributed by atoms with Gasteiger partial charge < -0.3 is 4.98 Å². The Morgan fingerprint density at radius 1 is 1.44 bits per heavy atom. The first-order chi connectivity index (χ1) is 7.49. The first kappa shape index (κ1) is 10.7. The number of H-pyrrole nitrogens is 1. The average Bonchev–Trinajstić information content (AvgIpc) is 2.59. The zero-order valence-corrected chi connectivity index (χ0v) is 9.25. The minimum Gasteiger partial charge on any atom is -0.346 e. The Labute approximate surface area is 96.0 Å². The number of benzene rings is 1. The summed E-state index contributed by atoms with van der Waals surface area (Å²) in [4.78, 5) is 24.1. The van der Waals surface area contributed by atoms with E-state index in [0.717, 1.165) is 5.56 Å². The van der Waals surface area contributed by atoms with E-state index in [1.54, 1.807) is 19.1 Å². The topological polar surface area (TPSA) is 76.0 Å². The molecule has 0 saturated carbocycles. The van der Waals surface area contributed by atoms with Gasteiger partial charge in [0.25, 0.3) is 5.69 Å².